The van der Waals surface area contributed by atoms with Crippen LogP contribution in [-0.2, 0) is 0 Å². The first-order valence-corrected chi connectivity index (χ1v) is 11.5. The van der Waals surface area contributed by atoms with Crippen molar-refractivity contribution in [3.05, 3.63) is 102 Å². The van der Waals surface area contributed by atoms with E-state index in [4.69, 9.17) is 4.74 Å². The van der Waals surface area contributed by atoms with E-state index in [0.717, 1.165) is 17.1 Å². The summed E-state index contributed by atoms with van der Waals surface area (Å²) in [6, 6.07) is 23.8. The smallest absolute Gasteiger partial charge is 0.255 e. The molecule has 0 bridgehead atoms. The van der Waals surface area contributed by atoms with Crippen LogP contribution in [0, 0.1) is 0 Å². The van der Waals surface area contributed by atoms with Crippen LogP contribution in [0.1, 0.15) is 27.6 Å². The Balaban J connectivity index is 1.44. The largest absolute Gasteiger partial charge is 0.494 e. The number of hydrogen-bond acceptors (Lipinski definition) is 5. The number of benzene rings is 3. The fourth-order valence-corrected chi connectivity index (χ4v) is 4.10. The second-order valence-electron chi connectivity index (χ2n) is 7.12. The standard InChI is InChI=1S/C26H23N3O3S/c1-2-32-23-13-11-19(12-14-23)24(30)18-33-26-27-15-16-29(26)22-10-6-7-20(17-22)25(31)28-21-8-4-3-5-9-21/h3-17H,2,18H2,1H3,(H,28,31). The summed E-state index contributed by atoms with van der Waals surface area (Å²) in [6.07, 6.45) is 3.50. The van der Waals surface area contributed by atoms with E-state index < -0.39 is 0 Å². The van der Waals surface area contributed by atoms with Crippen molar-refractivity contribution in [2.75, 3.05) is 17.7 Å². The second-order valence-corrected chi connectivity index (χ2v) is 8.06. The normalized spacial score (nSPS) is 10.6. The molecule has 33 heavy (non-hydrogen) atoms. The third-order valence-electron chi connectivity index (χ3n) is 4.84. The zero-order valence-corrected chi connectivity index (χ0v) is 18.9. The summed E-state index contributed by atoms with van der Waals surface area (Å²) in [6.45, 7) is 2.50. The summed E-state index contributed by atoms with van der Waals surface area (Å²) in [7, 11) is 0. The SMILES string of the molecule is CCOc1ccc(C(=O)CSc2nccn2-c2cccc(C(=O)Nc3ccccc3)c2)cc1. The van der Waals surface area contributed by atoms with E-state index in [1.165, 1.54) is 11.8 Å². The highest BCUT2D eigenvalue weighted by Crippen LogP contribution is 2.23. The van der Waals surface area contributed by atoms with E-state index in [1.54, 1.807) is 42.6 Å². The predicted octanol–water partition coefficient (Wildman–Crippen LogP) is 5.50. The van der Waals surface area contributed by atoms with Gasteiger partial charge < -0.3 is 10.1 Å². The summed E-state index contributed by atoms with van der Waals surface area (Å²) in [5.41, 5.74) is 2.69. The molecule has 3 aromatic carbocycles. The molecule has 7 heteroatoms. The van der Waals surface area contributed by atoms with Crippen LogP contribution in [0.2, 0.25) is 0 Å². The number of nitrogens with one attached hydrogen (secondary N) is 1. The van der Waals surface area contributed by atoms with Crippen LogP contribution < -0.4 is 10.1 Å². The molecule has 0 saturated heterocycles. The number of carbonyl (C=O) groups is 2. The van der Waals surface area contributed by atoms with Gasteiger partial charge >= 0.3 is 0 Å². The number of rotatable bonds is 9. The van der Waals surface area contributed by atoms with Crippen LogP contribution >= 0.6 is 11.8 Å². The number of thioether (sulfide) groups is 1. The van der Waals surface area contributed by atoms with E-state index in [-0.39, 0.29) is 17.4 Å². The highest BCUT2D eigenvalue weighted by atomic mass is 32.2. The number of anilines is 1. The molecule has 0 unspecified atom stereocenters. The maximum Gasteiger partial charge on any atom is 0.255 e. The maximum absolute atomic E-state index is 12.7. The zero-order valence-electron chi connectivity index (χ0n) is 18.1. The molecule has 6 nitrogen and oxygen atoms in total. The molecule has 0 spiro atoms. The van der Waals surface area contributed by atoms with Crippen molar-refractivity contribution in [2.24, 2.45) is 0 Å². The summed E-state index contributed by atoms with van der Waals surface area (Å²) in [5.74, 6) is 0.809. The number of ketones is 1. The van der Waals surface area contributed by atoms with Gasteiger partial charge in [-0.05, 0) is 61.5 Å². The Labute approximate surface area is 196 Å². The third-order valence-corrected chi connectivity index (χ3v) is 5.81. The number of carbonyl (C=O) groups excluding carboxylic acids is 2. The van der Waals surface area contributed by atoms with Crippen molar-refractivity contribution >= 4 is 29.1 Å². The molecule has 1 heterocycles. The number of para-hydroxylation sites is 1. The van der Waals surface area contributed by atoms with Crippen molar-refractivity contribution in [1.82, 2.24) is 9.55 Å². The fourth-order valence-electron chi connectivity index (χ4n) is 3.23. The van der Waals surface area contributed by atoms with Crippen LogP contribution in [0.3, 0.4) is 0 Å². The van der Waals surface area contributed by atoms with Crippen LogP contribution in [0.5, 0.6) is 5.75 Å². The lowest BCUT2D eigenvalue weighted by molar-refractivity contribution is 0.101. The van der Waals surface area contributed by atoms with Crippen LogP contribution in [0.25, 0.3) is 5.69 Å². The van der Waals surface area contributed by atoms with Gasteiger partial charge in [0.2, 0.25) is 0 Å². The monoisotopic (exact) mass is 457 g/mol. The van der Waals surface area contributed by atoms with E-state index in [1.807, 2.05) is 60.2 Å². The molecule has 0 radical (unpaired) electrons. The lowest BCUT2D eigenvalue weighted by atomic mass is 10.1. The molecule has 1 N–H and O–H groups in total. The minimum Gasteiger partial charge on any atom is -0.494 e. The Bertz CT molecular complexity index is 1240. The molecular weight excluding hydrogens is 434 g/mol. The maximum atomic E-state index is 12.7. The molecule has 4 rings (SSSR count). The second kappa shape index (κ2) is 10.7. The van der Waals surface area contributed by atoms with Crippen LogP contribution in [-0.4, -0.2) is 33.6 Å². The van der Waals surface area contributed by atoms with Gasteiger partial charge in [-0.15, -0.1) is 0 Å². The first-order chi connectivity index (χ1) is 16.1. The minimum absolute atomic E-state index is 0.00795. The molecule has 0 aliphatic carbocycles. The molecule has 0 fully saturated rings. The molecule has 0 saturated carbocycles. The Morgan fingerprint density at radius 1 is 0.970 bits per heavy atom. The van der Waals surface area contributed by atoms with Gasteiger partial charge in [-0.3, -0.25) is 14.2 Å². The van der Waals surface area contributed by atoms with Crippen LogP contribution in [0.15, 0.2) is 96.4 Å². The fraction of sp³-hybridized carbons (Fsp3) is 0.115. The lowest BCUT2D eigenvalue weighted by Gasteiger charge is -2.10. The Morgan fingerprint density at radius 2 is 1.76 bits per heavy atom. The van der Waals surface area contributed by atoms with E-state index in [0.29, 0.717) is 22.9 Å². The summed E-state index contributed by atoms with van der Waals surface area (Å²) in [4.78, 5) is 29.7. The van der Waals surface area contributed by atoms with Crippen molar-refractivity contribution in [3.8, 4) is 11.4 Å². The van der Waals surface area contributed by atoms with Gasteiger partial charge in [0.1, 0.15) is 5.75 Å². The quantitative estimate of drug-likeness (QED) is 0.265. The number of Topliss-reactive ketones (excluding diaryl/α,β-unsaturated/α-hetero) is 1. The van der Waals surface area contributed by atoms with Gasteiger partial charge in [-0.2, -0.15) is 0 Å². The van der Waals surface area contributed by atoms with Crippen molar-refractivity contribution in [2.45, 2.75) is 12.1 Å². The predicted molar refractivity (Wildman–Crippen MR) is 131 cm³/mol. The topological polar surface area (TPSA) is 73.2 Å². The molecular formula is C26H23N3O3S. The Kier molecular flexibility index (Phi) is 7.22. The Hall–Kier alpha value is -3.84. The first-order valence-electron chi connectivity index (χ1n) is 10.5. The molecule has 0 aliphatic rings. The van der Waals surface area contributed by atoms with Crippen molar-refractivity contribution in [3.63, 3.8) is 0 Å². The summed E-state index contributed by atoms with van der Waals surface area (Å²) >= 11 is 1.35. The van der Waals surface area contributed by atoms with Crippen molar-refractivity contribution < 1.29 is 14.3 Å². The number of nitrogens with zero attached hydrogens (tertiary/aromatic N) is 2. The lowest BCUT2D eigenvalue weighted by Crippen LogP contribution is -2.12. The number of imidazole rings is 1. The average Bonchev–Trinajstić information content (AvgIpc) is 3.33. The molecule has 4 aromatic rings. The highest BCUT2D eigenvalue weighted by Gasteiger charge is 2.13. The Morgan fingerprint density at radius 3 is 2.52 bits per heavy atom. The third kappa shape index (κ3) is 5.70. The van der Waals surface area contributed by atoms with E-state index in [2.05, 4.69) is 10.3 Å². The molecule has 1 aromatic heterocycles. The zero-order chi connectivity index (χ0) is 23.0. The molecule has 0 aliphatic heterocycles. The highest BCUT2D eigenvalue weighted by molar-refractivity contribution is 7.99. The van der Waals surface area contributed by atoms with Gasteiger partial charge in [0.05, 0.1) is 12.4 Å². The molecule has 166 valence electrons. The number of hydrogen-bond donors (Lipinski definition) is 1. The number of ether oxygens (including phenoxy) is 1. The summed E-state index contributed by atoms with van der Waals surface area (Å²) in [5, 5.41) is 3.57. The first kappa shape index (κ1) is 22.4. The van der Waals surface area contributed by atoms with Gasteiger partial charge in [0.15, 0.2) is 10.9 Å². The number of aromatic nitrogens is 2. The minimum atomic E-state index is -0.192. The average molecular weight is 458 g/mol. The molecule has 1 amide bonds. The van der Waals surface area contributed by atoms with Gasteiger partial charge in [-0.1, -0.05) is 36.0 Å². The van der Waals surface area contributed by atoms with Gasteiger partial charge in [0.25, 0.3) is 5.91 Å². The van der Waals surface area contributed by atoms with Gasteiger partial charge in [0, 0.05) is 34.9 Å². The van der Waals surface area contributed by atoms with Gasteiger partial charge in [-0.25, -0.2) is 4.98 Å². The van der Waals surface area contributed by atoms with E-state index in [9.17, 15) is 9.59 Å². The van der Waals surface area contributed by atoms with Crippen molar-refractivity contribution in [1.29, 1.82) is 0 Å². The summed E-state index contributed by atoms with van der Waals surface area (Å²) < 4.78 is 7.30. The van der Waals surface area contributed by atoms with Crippen LogP contribution in [0.4, 0.5) is 5.69 Å². The van der Waals surface area contributed by atoms with E-state index >= 15 is 0 Å². The molecule has 0 atom stereocenters. The number of amides is 1.